The predicted molar refractivity (Wildman–Crippen MR) is 61.5 cm³/mol. The lowest BCUT2D eigenvalue weighted by molar-refractivity contribution is 0.179. The highest BCUT2D eigenvalue weighted by molar-refractivity contribution is 5.88. The first kappa shape index (κ1) is 10.5. The number of carbonyl (C=O) groups is 1. The Bertz CT molecular complexity index is 533. The number of nitrogens with zero attached hydrogens (tertiary/aromatic N) is 3. The van der Waals surface area contributed by atoms with Gasteiger partial charge in [0.2, 0.25) is 5.95 Å². The van der Waals surface area contributed by atoms with E-state index in [1.54, 1.807) is 7.05 Å². The number of carbonyl (C=O) groups excluding carboxylic acids is 1. The summed E-state index contributed by atoms with van der Waals surface area (Å²) in [5.74, 6) is 0.563. The van der Waals surface area contributed by atoms with Crippen molar-refractivity contribution >= 4 is 23.1 Å². The van der Waals surface area contributed by atoms with E-state index in [4.69, 9.17) is 0 Å². The molecule has 5 heteroatoms. The fourth-order valence-electron chi connectivity index (χ4n) is 1.65. The minimum atomic E-state index is -0.432. The Labute approximate surface area is 93.2 Å². The second kappa shape index (κ2) is 3.84. The lowest BCUT2D eigenvalue weighted by atomic mass is 10.3. The van der Waals surface area contributed by atoms with Gasteiger partial charge in [0.25, 0.3) is 0 Å². The zero-order valence-electron chi connectivity index (χ0n) is 9.47. The van der Waals surface area contributed by atoms with Crippen molar-refractivity contribution in [1.82, 2.24) is 9.55 Å². The molecule has 2 rings (SSSR count). The number of amides is 1. The van der Waals surface area contributed by atoms with Gasteiger partial charge in [-0.05, 0) is 12.1 Å². The Morgan fingerprint density at radius 1 is 1.44 bits per heavy atom. The molecule has 0 bridgehead atoms. The number of hydrogen-bond acceptors (Lipinski definition) is 3. The Balaban J connectivity index is 2.53. The van der Waals surface area contributed by atoms with Crippen molar-refractivity contribution in [1.29, 1.82) is 0 Å². The molecule has 1 aromatic carbocycles. The Morgan fingerprint density at radius 2 is 2.12 bits per heavy atom. The first-order chi connectivity index (χ1) is 7.65. The zero-order chi connectivity index (χ0) is 11.7. The van der Waals surface area contributed by atoms with Crippen molar-refractivity contribution in [2.45, 2.75) is 0 Å². The van der Waals surface area contributed by atoms with Crippen LogP contribution in [0.4, 0.5) is 10.7 Å². The van der Waals surface area contributed by atoms with E-state index >= 15 is 0 Å². The molecule has 16 heavy (non-hydrogen) atoms. The van der Waals surface area contributed by atoms with Gasteiger partial charge in [0, 0.05) is 14.1 Å². The number of methoxy groups -OCH3 is 1. The van der Waals surface area contributed by atoms with Gasteiger partial charge in [0.1, 0.15) is 0 Å². The molecular formula is C11H13N3O2. The van der Waals surface area contributed by atoms with Crippen LogP contribution in [0.3, 0.4) is 0 Å². The van der Waals surface area contributed by atoms with Crippen molar-refractivity contribution in [3.05, 3.63) is 24.3 Å². The largest absolute Gasteiger partial charge is 0.452 e. The standard InChI is InChI=1S/C11H13N3O2/c1-13-9-7-5-4-6-8(9)12-10(13)14(2)11(15)16-3/h4-7H,1-3H3. The molecule has 0 aliphatic carbocycles. The predicted octanol–water partition coefficient (Wildman–Crippen LogP) is 1.78. The van der Waals surface area contributed by atoms with Crippen molar-refractivity contribution < 1.29 is 9.53 Å². The summed E-state index contributed by atoms with van der Waals surface area (Å²) in [6.07, 6.45) is -0.432. The first-order valence-corrected chi connectivity index (χ1v) is 4.88. The molecule has 0 N–H and O–H groups in total. The Kier molecular flexibility index (Phi) is 2.52. The van der Waals surface area contributed by atoms with Gasteiger partial charge in [-0.25, -0.2) is 9.78 Å². The van der Waals surface area contributed by atoms with Crippen molar-refractivity contribution in [2.24, 2.45) is 7.05 Å². The Morgan fingerprint density at radius 3 is 2.75 bits per heavy atom. The van der Waals surface area contributed by atoms with E-state index in [1.165, 1.54) is 12.0 Å². The van der Waals surface area contributed by atoms with E-state index in [1.807, 2.05) is 35.9 Å². The van der Waals surface area contributed by atoms with Gasteiger partial charge in [-0.15, -0.1) is 0 Å². The minimum Gasteiger partial charge on any atom is -0.452 e. The molecule has 0 aliphatic heterocycles. The lowest BCUT2D eigenvalue weighted by Gasteiger charge is -2.14. The molecule has 0 aliphatic rings. The summed E-state index contributed by atoms with van der Waals surface area (Å²) in [4.78, 5) is 17.1. The average Bonchev–Trinajstić information content (AvgIpc) is 2.65. The molecule has 2 aromatic rings. The second-order valence-electron chi connectivity index (χ2n) is 3.49. The summed E-state index contributed by atoms with van der Waals surface area (Å²) in [6.45, 7) is 0. The maximum atomic E-state index is 11.4. The van der Waals surface area contributed by atoms with Gasteiger partial charge in [0.05, 0.1) is 18.1 Å². The fourth-order valence-corrected chi connectivity index (χ4v) is 1.65. The van der Waals surface area contributed by atoms with Crippen LogP contribution in [0.15, 0.2) is 24.3 Å². The average molecular weight is 219 g/mol. The van der Waals surface area contributed by atoms with Crippen LogP contribution >= 0.6 is 0 Å². The van der Waals surface area contributed by atoms with Crippen LogP contribution in [0.1, 0.15) is 0 Å². The molecule has 0 spiro atoms. The maximum absolute atomic E-state index is 11.4. The van der Waals surface area contributed by atoms with Gasteiger partial charge in [-0.2, -0.15) is 0 Å². The first-order valence-electron chi connectivity index (χ1n) is 4.88. The highest BCUT2D eigenvalue weighted by Crippen LogP contribution is 2.20. The number of aromatic nitrogens is 2. The van der Waals surface area contributed by atoms with Crippen LogP contribution < -0.4 is 4.90 Å². The molecule has 0 saturated carbocycles. The van der Waals surface area contributed by atoms with E-state index < -0.39 is 6.09 Å². The third kappa shape index (κ3) is 1.50. The summed E-state index contributed by atoms with van der Waals surface area (Å²) in [5.41, 5.74) is 1.84. The topological polar surface area (TPSA) is 47.4 Å². The number of rotatable bonds is 1. The van der Waals surface area contributed by atoms with Crippen LogP contribution in [0.5, 0.6) is 0 Å². The van der Waals surface area contributed by atoms with Crippen LogP contribution in [0, 0.1) is 0 Å². The molecular weight excluding hydrogens is 206 g/mol. The van der Waals surface area contributed by atoms with Crippen LogP contribution in [0.2, 0.25) is 0 Å². The van der Waals surface area contributed by atoms with Crippen molar-refractivity contribution in [3.63, 3.8) is 0 Å². The molecule has 0 fully saturated rings. The molecule has 0 atom stereocenters. The number of imidazole rings is 1. The SMILES string of the molecule is COC(=O)N(C)c1nc2ccccc2n1C. The third-order valence-electron chi connectivity index (χ3n) is 2.51. The molecule has 1 amide bonds. The lowest BCUT2D eigenvalue weighted by Crippen LogP contribution is -2.28. The highest BCUT2D eigenvalue weighted by Gasteiger charge is 2.17. The van der Waals surface area contributed by atoms with Gasteiger partial charge >= 0.3 is 6.09 Å². The second-order valence-corrected chi connectivity index (χ2v) is 3.49. The Hall–Kier alpha value is -2.04. The summed E-state index contributed by atoms with van der Waals surface area (Å²) >= 11 is 0. The van der Waals surface area contributed by atoms with E-state index in [9.17, 15) is 4.79 Å². The van der Waals surface area contributed by atoms with Crippen molar-refractivity contribution in [2.75, 3.05) is 19.1 Å². The number of ether oxygens (including phenoxy) is 1. The zero-order valence-corrected chi connectivity index (χ0v) is 9.47. The number of para-hydroxylation sites is 2. The summed E-state index contributed by atoms with van der Waals surface area (Å²) in [6, 6.07) is 7.71. The molecule has 5 nitrogen and oxygen atoms in total. The molecule has 0 radical (unpaired) electrons. The van der Waals surface area contributed by atoms with Gasteiger partial charge in [-0.1, -0.05) is 12.1 Å². The monoisotopic (exact) mass is 219 g/mol. The molecule has 0 saturated heterocycles. The quantitative estimate of drug-likeness (QED) is 0.734. The highest BCUT2D eigenvalue weighted by atomic mass is 16.5. The van der Waals surface area contributed by atoms with Crippen LogP contribution in [-0.4, -0.2) is 29.8 Å². The van der Waals surface area contributed by atoms with Gasteiger partial charge < -0.3 is 9.30 Å². The van der Waals surface area contributed by atoms with Crippen LogP contribution in [0.25, 0.3) is 11.0 Å². The molecule has 1 aromatic heterocycles. The molecule has 1 heterocycles. The summed E-state index contributed by atoms with van der Waals surface area (Å²) in [5, 5.41) is 0. The summed E-state index contributed by atoms with van der Waals surface area (Å²) < 4.78 is 6.50. The van der Waals surface area contributed by atoms with E-state index in [2.05, 4.69) is 9.72 Å². The maximum Gasteiger partial charge on any atom is 0.416 e. The molecule has 84 valence electrons. The number of anilines is 1. The van der Waals surface area contributed by atoms with Gasteiger partial charge in [0.15, 0.2) is 0 Å². The fraction of sp³-hybridized carbons (Fsp3) is 0.273. The van der Waals surface area contributed by atoms with Crippen LogP contribution in [-0.2, 0) is 11.8 Å². The van der Waals surface area contributed by atoms with Crippen molar-refractivity contribution in [3.8, 4) is 0 Å². The smallest absolute Gasteiger partial charge is 0.416 e. The summed E-state index contributed by atoms with van der Waals surface area (Å²) in [7, 11) is 4.85. The van der Waals surface area contributed by atoms with E-state index in [-0.39, 0.29) is 0 Å². The normalized spacial score (nSPS) is 10.4. The van der Waals surface area contributed by atoms with E-state index in [0.29, 0.717) is 5.95 Å². The minimum absolute atomic E-state index is 0.432. The number of hydrogen-bond donors (Lipinski definition) is 0. The number of benzene rings is 1. The third-order valence-corrected chi connectivity index (χ3v) is 2.51. The number of aryl methyl sites for hydroxylation is 1. The van der Waals surface area contributed by atoms with Gasteiger partial charge in [-0.3, -0.25) is 4.90 Å². The number of fused-ring (bicyclic) bond motifs is 1. The molecule has 0 unspecified atom stereocenters. The van der Waals surface area contributed by atoms with E-state index in [0.717, 1.165) is 11.0 Å².